The molecule has 25 heavy (non-hydrogen) atoms. The maximum Gasteiger partial charge on any atom is 0.240 e. The number of carbonyl (C=O) groups is 1. The number of carbonyl (C=O) groups excluding carboxylic acids is 1. The average Bonchev–Trinajstić information content (AvgIpc) is 2.66. The van der Waals surface area contributed by atoms with Crippen molar-refractivity contribution in [2.75, 3.05) is 0 Å². The molecule has 1 aromatic heterocycles. The normalized spacial score (nSPS) is 11.3. The third-order valence-electron chi connectivity index (χ3n) is 4.03. The van der Waals surface area contributed by atoms with Crippen LogP contribution < -0.4 is 5.43 Å². The molecule has 4 heteroatoms. The van der Waals surface area contributed by atoms with E-state index in [2.05, 4.69) is 22.4 Å². The van der Waals surface area contributed by atoms with E-state index in [1.807, 2.05) is 42.5 Å². The number of nitrogens with one attached hydrogen (secondary N) is 1. The lowest BCUT2D eigenvalue weighted by Crippen LogP contribution is -2.20. The SMILES string of the molecule is CCCCCCCCC(=O)NN=C(c1ccccc1)c1cccnc1. The van der Waals surface area contributed by atoms with Crippen molar-refractivity contribution in [3.05, 3.63) is 66.0 Å². The van der Waals surface area contributed by atoms with E-state index in [9.17, 15) is 4.79 Å². The Balaban J connectivity index is 1.93. The molecular weight excluding hydrogens is 310 g/mol. The Morgan fingerprint density at radius 2 is 1.68 bits per heavy atom. The van der Waals surface area contributed by atoms with Gasteiger partial charge in [-0.15, -0.1) is 0 Å². The molecule has 0 bridgehead atoms. The molecule has 0 aliphatic carbocycles. The van der Waals surface area contributed by atoms with Crippen LogP contribution in [0.2, 0.25) is 0 Å². The topological polar surface area (TPSA) is 54.4 Å². The molecule has 0 saturated carbocycles. The molecular formula is C21H27N3O. The number of hydrazone groups is 1. The molecule has 0 spiro atoms. The first kappa shape index (κ1) is 18.8. The van der Waals surface area contributed by atoms with Gasteiger partial charge in [0.05, 0.1) is 5.71 Å². The second-order valence-corrected chi connectivity index (χ2v) is 6.12. The lowest BCUT2D eigenvalue weighted by atomic mass is 10.0. The predicted octanol–water partition coefficient (Wildman–Crippen LogP) is 4.70. The number of amides is 1. The van der Waals surface area contributed by atoms with E-state index in [-0.39, 0.29) is 5.91 Å². The summed E-state index contributed by atoms with van der Waals surface area (Å²) in [6.45, 7) is 2.21. The van der Waals surface area contributed by atoms with Crippen LogP contribution in [0.25, 0.3) is 0 Å². The third-order valence-corrected chi connectivity index (χ3v) is 4.03. The van der Waals surface area contributed by atoms with Gasteiger partial charge in [0.1, 0.15) is 0 Å². The molecule has 0 radical (unpaired) electrons. The van der Waals surface area contributed by atoms with Crippen molar-refractivity contribution in [1.82, 2.24) is 10.4 Å². The van der Waals surface area contributed by atoms with Gasteiger partial charge < -0.3 is 0 Å². The Morgan fingerprint density at radius 1 is 0.960 bits per heavy atom. The number of hydrogen-bond acceptors (Lipinski definition) is 3. The molecule has 2 rings (SSSR count). The predicted molar refractivity (Wildman–Crippen MR) is 102 cm³/mol. The van der Waals surface area contributed by atoms with Gasteiger partial charge in [0.15, 0.2) is 0 Å². The van der Waals surface area contributed by atoms with E-state index < -0.39 is 0 Å². The summed E-state index contributed by atoms with van der Waals surface area (Å²) in [5.74, 6) is -0.0344. The van der Waals surface area contributed by atoms with Gasteiger partial charge in [-0.1, -0.05) is 69.4 Å². The van der Waals surface area contributed by atoms with Crippen LogP contribution >= 0.6 is 0 Å². The first-order valence-electron chi connectivity index (χ1n) is 9.13. The van der Waals surface area contributed by atoms with Crippen LogP contribution in [0.15, 0.2) is 60.0 Å². The maximum atomic E-state index is 12.1. The monoisotopic (exact) mass is 337 g/mol. The van der Waals surface area contributed by atoms with Gasteiger partial charge in [-0.2, -0.15) is 5.10 Å². The third kappa shape index (κ3) is 6.87. The van der Waals surface area contributed by atoms with Crippen LogP contribution in [0.1, 0.15) is 63.0 Å². The molecule has 0 atom stereocenters. The zero-order valence-corrected chi connectivity index (χ0v) is 14.9. The van der Waals surface area contributed by atoms with Crippen molar-refractivity contribution < 1.29 is 4.79 Å². The van der Waals surface area contributed by atoms with Gasteiger partial charge in [-0.3, -0.25) is 9.78 Å². The Labute approximate surface area is 150 Å². The van der Waals surface area contributed by atoms with Crippen LogP contribution in [0.5, 0.6) is 0 Å². The fourth-order valence-corrected chi connectivity index (χ4v) is 2.63. The van der Waals surface area contributed by atoms with Crippen molar-refractivity contribution >= 4 is 11.6 Å². The van der Waals surface area contributed by atoms with Crippen LogP contribution in [-0.2, 0) is 4.79 Å². The van der Waals surface area contributed by atoms with Crippen molar-refractivity contribution in [3.63, 3.8) is 0 Å². The van der Waals surface area contributed by atoms with Gasteiger partial charge in [0.2, 0.25) is 5.91 Å². The summed E-state index contributed by atoms with van der Waals surface area (Å²) in [7, 11) is 0. The average molecular weight is 337 g/mol. The van der Waals surface area contributed by atoms with E-state index in [0.717, 1.165) is 29.7 Å². The zero-order chi connectivity index (χ0) is 17.7. The Bertz CT molecular complexity index is 612. The van der Waals surface area contributed by atoms with Gasteiger partial charge in [-0.25, -0.2) is 5.43 Å². The maximum absolute atomic E-state index is 12.1. The first-order chi connectivity index (χ1) is 12.3. The minimum atomic E-state index is -0.0344. The fourth-order valence-electron chi connectivity index (χ4n) is 2.63. The number of hydrogen-bond donors (Lipinski definition) is 1. The number of nitrogens with zero attached hydrogens (tertiary/aromatic N) is 2. The summed E-state index contributed by atoms with van der Waals surface area (Å²) >= 11 is 0. The zero-order valence-electron chi connectivity index (χ0n) is 14.9. The molecule has 1 amide bonds. The number of unbranched alkanes of at least 4 members (excludes halogenated alkanes) is 5. The number of pyridine rings is 1. The molecule has 1 aromatic carbocycles. The second-order valence-electron chi connectivity index (χ2n) is 6.12. The number of rotatable bonds is 10. The van der Waals surface area contributed by atoms with Crippen molar-refractivity contribution in [2.24, 2.45) is 5.10 Å². The minimum absolute atomic E-state index is 0.0344. The number of aromatic nitrogens is 1. The van der Waals surface area contributed by atoms with E-state index in [1.54, 1.807) is 12.4 Å². The Morgan fingerprint density at radius 3 is 2.40 bits per heavy atom. The molecule has 2 aromatic rings. The van der Waals surface area contributed by atoms with E-state index in [4.69, 9.17) is 0 Å². The molecule has 0 aliphatic heterocycles. The summed E-state index contributed by atoms with van der Waals surface area (Å²) in [5, 5.41) is 4.37. The smallest absolute Gasteiger partial charge is 0.240 e. The standard InChI is InChI=1S/C21H27N3O/c1-2-3-4-5-6-10-15-20(25)23-24-21(18-12-8-7-9-13-18)19-14-11-16-22-17-19/h7-9,11-14,16-17H,2-6,10,15H2,1H3,(H,23,25). The quantitative estimate of drug-likeness (QED) is 0.388. The molecule has 1 heterocycles. The summed E-state index contributed by atoms with van der Waals surface area (Å²) < 4.78 is 0. The lowest BCUT2D eigenvalue weighted by molar-refractivity contribution is -0.121. The van der Waals surface area contributed by atoms with Crippen LogP contribution in [0, 0.1) is 0 Å². The summed E-state index contributed by atoms with van der Waals surface area (Å²) in [6.07, 6.45) is 11.0. The van der Waals surface area contributed by atoms with Gasteiger partial charge in [0.25, 0.3) is 0 Å². The van der Waals surface area contributed by atoms with Crippen LogP contribution in [-0.4, -0.2) is 16.6 Å². The highest BCUT2D eigenvalue weighted by Crippen LogP contribution is 2.10. The highest BCUT2D eigenvalue weighted by molar-refractivity contribution is 6.12. The molecule has 0 unspecified atom stereocenters. The number of benzene rings is 1. The molecule has 0 fully saturated rings. The summed E-state index contributed by atoms with van der Waals surface area (Å²) in [6, 6.07) is 13.6. The highest BCUT2D eigenvalue weighted by Gasteiger charge is 2.08. The largest absolute Gasteiger partial charge is 0.273 e. The Kier molecular flexibility index (Phi) is 8.39. The van der Waals surface area contributed by atoms with Gasteiger partial charge >= 0.3 is 0 Å². The summed E-state index contributed by atoms with van der Waals surface area (Å²) in [4.78, 5) is 16.2. The van der Waals surface area contributed by atoms with E-state index in [0.29, 0.717) is 6.42 Å². The van der Waals surface area contributed by atoms with Crippen molar-refractivity contribution in [3.8, 4) is 0 Å². The summed E-state index contributed by atoms with van der Waals surface area (Å²) in [5.41, 5.74) is 5.27. The first-order valence-corrected chi connectivity index (χ1v) is 9.13. The molecule has 132 valence electrons. The minimum Gasteiger partial charge on any atom is -0.273 e. The lowest BCUT2D eigenvalue weighted by Gasteiger charge is -2.07. The van der Waals surface area contributed by atoms with Crippen molar-refractivity contribution in [2.45, 2.75) is 51.9 Å². The highest BCUT2D eigenvalue weighted by atomic mass is 16.2. The molecule has 1 N–H and O–H groups in total. The van der Waals surface area contributed by atoms with Gasteiger partial charge in [-0.05, 0) is 18.6 Å². The molecule has 0 saturated heterocycles. The fraction of sp³-hybridized carbons (Fsp3) is 0.381. The van der Waals surface area contributed by atoms with E-state index >= 15 is 0 Å². The van der Waals surface area contributed by atoms with Crippen molar-refractivity contribution in [1.29, 1.82) is 0 Å². The van der Waals surface area contributed by atoms with Crippen LogP contribution in [0.4, 0.5) is 0 Å². The van der Waals surface area contributed by atoms with Crippen LogP contribution in [0.3, 0.4) is 0 Å². The molecule has 4 nitrogen and oxygen atoms in total. The van der Waals surface area contributed by atoms with Gasteiger partial charge in [0, 0.05) is 29.9 Å². The Hall–Kier alpha value is -2.49. The second kappa shape index (κ2) is 11.1. The van der Waals surface area contributed by atoms with E-state index in [1.165, 1.54) is 25.7 Å². The molecule has 0 aliphatic rings.